The lowest BCUT2D eigenvalue weighted by molar-refractivity contribution is 0.412. The summed E-state index contributed by atoms with van der Waals surface area (Å²) in [5.41, 5.74) is 0.704. The predicted molar refractivity (Wildman–Crippen MR) is 291 cm³/mol. The quantitative estimate of drug-likeness (QED) is 0.123. The van der Waals surface area contributed by atoms with Crippen molar-refractivity contribution >= 4 is 131 Å². The first-order valence-electron chi connectivity index (χ1n) is 23.8. The van der Waals surface area contributed by atoms with Crippen LogP contribution in [0.3, 0.4) is 0 Å². The molecular formula is C62H34N2O10. The van der Waals surface area contributed by atoms with E-state index in [4.69, 9.17) is 27.1 Å². The molecule has 4 aromatic heterocycles. The fourth-order valence-electron chi connectivity index (χ4n) is 11.5. The predicted octanol–water partition coefficient (Wildman–Crippen LogP) is 13.5. The van der Waals surface area contributed by atoms with Gasteiger partial charge in [0.15, 0.2) is 0 Å². The number of methoxy groups -OCH3 is 2. The van der Waals surface area contributed by atoms with E-state index in [0.29, 0.717) is 98.5 Å². The molecule has 0 spiro atoms. The Balaban J connectivity index is 1.35. The van der Waals surface area contributed by atoms with Crippen LogP contribution in [0.4, 0.5) is 0 Å². The third-order valence-corrected chi connectivity index (χ3v) is 14.6. The molecule has 0 aliphatic heterocycles. The molecule has 0 N–H and O–H groups in total. The van der Waals surface area contributed by atoms with Crippen molar-refractivity contribution in [2.24, 2.45) is 0 Å². The van der Waals surface area contributed by atoms with Crippen LogP contribution in [0.2, 0.25) is 0 Å². The van der Waals surface area contributed by atoms with Crippen molar-refractivity contribution in [3.05, 3.63) is 211 Å². The minimum Gasteiger partial charge on any atom is -0.495 e. The molecule has 0 unspecified atom stereocenters. The summed E-state index contributed by atoms with van der Waals surface area (Å²) >= 11 is 0. The molecule has 74 heavy (non-hydrogen) atoms. The third-order valence-electron chi connectivity index (χ3n) is 14.6. The fraction of sp³-hybridized carbons (Fsp3) is 0.0323. The number of aromatic nitrogens is 2. The molecule has 0 amide bonds. The number of benzene rings is 11. The zero-order valence-corrected chi connectivity index (χ0v) is 39.1. The second-order valence-corrected chi connectivity index (χ2v) is 18.3. The van der Waals surface area contributed by atoms with Gasteiger partial charge in [-0.3, -0.25) is 19.2 Å². The second kappa shape index (κ2) is 15.2. The number of ether oxygens (including phenoxy) is 2. The monoisotopic (exact) mass is 966 g/mol. The van der Waals surface area contributed by atoms with E-state index in [1.807, 2.05) is 97.1 Å². The van der Waals surface area contributed by atoms with Gasteiger partial charge in [-0.15, -0.1) is 0 Å². The zero-order chi connectivity index (χ0) is 49.7. The van der Waals surface area contributed by atoms with Crippen LogP contribution in [-0.2, 0) is 0 Å². The van der Waals surface area contributed by atoms with Gasteiger partial charge in [0.1, 0.15) is 56.2 Å². The Labute approximate surface area is 413 Å². The molecule has 0 fully saturated rings. The summed E-state index contributed by atoms with van der Waals surface area (Å²) < 4.78 is 42.8. The topological polar surface area (TPSA) is 149 Å². The molecular weight excluding hydrogens is 933 g/mol. The SMILES string of the molecule is COc1ccccc1-n1c(=O)c2cc3oc4ccccc4c4ccccc4oc4cc5c(=O)n(-c6ccccc6OC)c(=O)c6cc7oc8ccccc8c8ccccc8oc8cc(c1=O)c2c1c3c4c(c56)c7c81. The largest absolute Gasteiger partial charge is 0.495 e. The molecule has 12 nitrogen and oxygen atoms in total. The van der Waals surface area contributed by atoms with Crippen molar-refractivity contribution in [3.8, 4) is 22.9 Å². The van der Waals surface area contributed by atoms with Gasteiger partial charge in [0.25, 0.3) is 22.2 Å². The highest BCUT2D eigenvalue weighted by molar-refractivity contribution is 6.47. The molecule has 15 rings (SSSR count). The van der Waals surface area contributed by atoms with Crippen LogP contribution < -0.4 is 31.7 Å². The Morgan fingerprint density at radius 3 is 0.824 bits per heavy atom. The molecule has 4 heterocycles. The maximum Gasteiger partial charge on any atom is 0.266 e. The minimum atomic E-state index is -0.620. The van der Waals surface area contributed by atoms with Crippen molar-refractivity contribution in [1.29, 1.82) is 0 Å². The number of fused-ring (bicyclic) bond motifs is 6. The van der Waals surface area contributed by atoms with Crippen LogP contribution in [0.5, 0.6) is 11.5 Å². The maximum absolute atomic E-state index is 15.5. The maximum atomic E-state index is 15.5. The molecule has 11 aromatic carbocycles. The van der Waals surface area contributed by atoms with Crippen LogP contribution in [0.15, 0.2) is 207 Å². The van der Waals surface area contributed by atoms with Crippen molar-refractivity contribution in [2.75, 3.05) is 14.2 Å². The van der Waals surface area contributed by atoms with E-state index in [2.05, 4.69) is 0 Å². The first-order valence-corrected chi connectivity index (χ1v) is 23.8. The summed E-state index contributed by atoms with van der Waals surface area (Å²) in [6.07, 6.45) is 0. The van der Waals surface area contributed by atoms with E-state index in [9.17, 15) is 0 Å². The molecule has 0 aliphatic rings. The molecule has 0 bridgehead atoms. The van der Waals surface area contributed by atoms with E-state index in [1.54, 1.807) is 72.8 Å². The third kappa shape index (κ3) is 5.50. The highest BCUT2D eigenvalue weighted by Crippen LogP contribution is 2.51. The Bertz CT molecular complexity index is 4740. The average Bonchev–Trinajstić information content (AvgIpc) is 3.46. The van der Waals surface area contributed by atoms with E-state index in [1.165, 1.54) is 14.2 Å². The van der Waals surface area contributed by atoms with Crippen LogP contribution in [0.25, 0.3) is 142 Å². The molecule has 352 valence electrons. The molecule has 0 saturated carbocycles. The van der Waals surface area contributed by atoms with Crippen molar-refractivity contribution in [3.63, 3.8) is 0 Å². The van der Waals surface area contributed by atoms with Crippen LogP contribution >= 0.6 is 0 Å². The second-order valence-electron chi connectivity index (χ2n) is 18.3. The Hall–Kier alpha value is -10.2. The molecule has 12 heteroatoms. The van der Waals surface area contributed by atoms with E-state index >= 15 is 19.2 Å². The highest BCUT2D eigenvalue weighted by atomic mass is 16.5. The number of nitrogens with zero attached hydrogens (tertiary/aromatic N) is 2. The van der Waals surface area contributed by atoms with Crippen LogP contribution in [0.1, 0.15) is 0 Å². The molecule has 0 aliphatic carbocycles. The number of hydrogen-bond donors (Lipinski definition) is 0. The summed E-state index contributed by atoms with van der Waals surface area (Å²) in [6, 6.07) is 50.5. The van der Waals surface area contributed by atoms with Gasteiger partial charge < -0.3 is 27.1 Å². The van der Waals surface area contributed by atoms with E-state index in [-0.39, 0.29) is 55.3 Å². The van der Waals surface area contributed by atoms with Crippen LogP contribution in [-0.4, -0.2) is 23.4 Å². The van der Waals surface area contributed by atoms with Gasteiger partial charge in [-0.1, -0.05) is 97.1 Å². The first-order chi connectivity index (χ1) is 36.3. The molecule has 0 radical (unpaired) electrons. The molecule has 15 aromatic rings. The number of hydrogen-bond acceptors (Lipinski definition) is 10. The summed E-state index contributed by atoms with van der Waals surface area (Å²) in [7, 11) is 2.97. The van der Waals surface area contributed by atoms with Crippen molar-refractivity contribution < 1.29 is 27.1 Å². The zero-order valence-electron chi connectivity index (χ0n) is 39.1. The van der Waals surface area contributed by atoms with Gasteiger partial charge >= 0.3 is 0 Å². The molecule has 0 atom stereocenters. The summed E-state index contributed by atoms with van der Waals surface area (Å²) in [5.74, 6) is 0.623. The lowest BCUT2D eigenvalue weighted by atomic mass is 9.85. The Morgan fingerprint density at radius 1 is 0.284 bits per heavy atom. The van der Waals surface area contributed by atoms with Gasteiger partial charge in [0, 0.05) is 64.6 Å². The highest BCUT2D eigenvalue weighted by Gasteiger charge is 2.31. The van der Waals surface area contributed by atoms with Crippen LogP contribution in [0, 0.1) is 0 Å². The number of rotatable bonds is 4. The van der Waals surface area contributed by atoms with Crippen molar-refractivity contribution in [1.82, 2.24) is 9.13 Å². The Morgan fingerprint density at radius 2 is 0.541 bits per heavy atom. The average molecular weight is 967 g/mol. The van der Waals surface area contributed by atoms with Gasteiger partial charge in [0.2, 0.25) is 0 Å². The number of para-hydroxylation sites is 8. The fourth-order valence-corrected chi connectivity index (χ4v) is 11.5. The summed E-state index contributed by atoms with van der Waals surface area (Å²) in [6.45, 7) is 0. The number of pyridine rings is 2. The van der Waals surface area contributed by atoms with Gasteiger partial charge in [-0.2, -0.15) is 0 Å². The normalized spacial score (nSPS) is 12.1. The summed E-state index contributed by atoms with van der Waals surface area (Å²) in [4.78, 5) is 62.1. The Kier molecular flexibility index (Phi) is 8.51. The van der Waals surface area contributed by atoms with Crippen molar-refractivity contribution in [2.45, 2.75) is 0 Å². The standard InChI is InChI=1S/C62H34N2O10/c1-69-45-25-13-7-19-39(45)63-59(65)35-27-47-53-55-49(73-43-23-11-5-17-33(43)31-15-3-9-21-41(31)71-47)29-37-52-38(62(68)64(61(37)67)40-20-8-14-26-46(40)70-2)30-50-56(58(52)55)54-48(28-36(60(63)66)51(35)57(53)54)72-42-22-10-4-16-32(42)34-18-6-12-24-44(34)74-50/h3-30H,1-2H3. The van der Waals surface area contributed by atoms with Gasteiger partial charge in [0.05, 0.1) is 47.1 Å². The summed E-state index contributed by atoms with van der Waals surface area (Å²) in [5, 5.41) is 6.63. The smallest absolute Gasteiger partial charge is 0.266 e. The minimum absolute atomic E-state index is 0.164. The lowest BCUT2D eigenvalue weighted by Gasteiger charge is -2.21. The van der Waals surface area contributed by atoms with Gasteiger partial charge in [-0.05, 0) is 72.8 Å². The first kappa shape index (κ1) is 41.6. The van der Waals surface area contributed by atoms with Gasteiger partial charge in [-0.25, -0.2) is 9.13 Å². The van der Waals surface area contributed by atoms with E-state index < -0.39 is 22.2 Å². The lowest BCUT2D eigenvalue weighted by Crippen LogP contribution is -2.32. The molecule has 0 saturated heterocycles. The van der Waals surface area contributed by atoms with E-state index in [0.717, 1.165) is 9.13 Å².